The van der Waals surface area contributed by atoms with Crippen LogP contribution in [0.25, 0.3) is 0 Å². The Balaban J connectivity index is 1.87. The molecule has 2 aliphatic rings. The Morgan fingerprint density at radius 3 is 2.84 bits per heavy atom. The van der Waals surface area contributed by atoms with Crippen LogP contribution >= 0.6 is 11.6 Å². The topological polar surface area (TPSA) is 79.4 Å². The van der Waals surface area contributed by atoms with Gasteiger partial charge in [-0.25, -0.2) is 4.98 Å². The van der Waals surface area contributed by atoms with Crippen LogP contribution in [0.3, 0.4) is 0 Å². The van der Waals surface area contributed by atoms with Crippen molar-refractivity contribution in [1.29, 1.82) is 0 Å². The highest BCUT2D eigenvalue weighted by molar-refractivity contribution is 6.29. The zero-order valence-electron chi connectivity index (χ0n) is 9.85. The molecular formula is C12H10ClN3O3. The molecular weight excluding hydrogens is 270 g/mol. The Labute approximate surface area is 113 Å². The van der Waals surface area contributed by atoms with Crippen molar-refractivity contribution in [2.24, 2.45) is 0 Å². The van der Waals surface area contributed by atoms with E-state index in [1.165, 1.54) is 4.90 Å². The lowest BCUT2D eigenvalue weighted by molar-refractivity contribution is -0.136. The number of pyridine rings is 1. The minimum Gasteiger partial charge on any atom is -0.321 e. The van der Waals surface area contributed by atoms with Gasteiger partial charge in [0.05, 0.1) is 17.8 Å². The number of rotatable bonds is 1. The first-order valence-electron chi connectivity index (χ1n) is 5.86. The quantitative estimate of drug-likeness (QED) is 0.599. The van der Waals surface area contributed by atoms with Crippen molar-refractivity contribution >= 4 is 29.3 Å². The number of carbonyl (C=O) groups excluding carboxylic acids is 3. The van der Waals surface area contributed by atoms with Gasteiger partial charge in [-0.15, -0.1) is 0 Å². The molecule has 0 aromatic carbocycles. The van der Waals surface area contributed by atoms with Crippen molar-refractivity contribution in [2.75, 3.05) is 0 Å². The standard InChI is InChI=1S/C12H10ClN3O3/c13-9-3-1-6-7(14-9)5-16(12(6)19)8-2-4-10(17)15-11(8)18/h1,3,8H,2,4-5H2,(H,15,17,18). The molecule has 6 nitrogen and oxygen atoms in total. The third-order valence-corrected chi connectivity index (χ3v) is 3.55. The summed E-state index contributed by atoms with van der Waals surface area (Å²) in [6, 6.07) is 2.55. The molecule has 1 aromatic heterocycles. The lowest BCUT2D eigenvalue weighted by Gasteiger charge is -2.29. The van der Waals surface area contributed by atoms with Crippen molar-refractivity contribution in [3.8, 4) is 0 Å². The van der Waals surface area contributed by atoms with Gasteiger partial charge in [-0.3, -0.25) is 19.7 Å². The van der Waals surface area contributed by atoms with E-state index in [0.717, 1.165) is 0 Å². The Bertz CT molecular complexity index is 602. The smallest absolute Gasteiger partial charge is 0.256 e. The second-order valence-corrected chi connectivity index (χ2v) is 4.92. The molecule has 0 bridgehead atoms. The molecule has 1 saturated heterocycles. The van der Waals surface area contributed by atoms with Gasteiger partial charge in [0.2, 0.25) is 11.8 Å². The van der Waals surface area contributed by atoms with Crippen LogP contribution in [0, 0.1) is 0 Å². The van der Waals surface area contributed by atoms with Gasteiger partial charge in [-0.05, 0) is 18.6 Å². The largest absolute Gasteiger partial charge is 0.321 e. The summed E-state index contributed by atoms with van der Waals surface area (Å²) in [5.74, 6) is -0.969. The number of amides is 3. The SMILES string of the molecule is O=C1CCC(N2Cc3nc(Cl)ccc3C2=O)C(=O)N1. The maximum absolute atomic E-state index is 12.2. The first kappa shape index (κ1) is 12.1. The van der Waals surface area contributed by atoms with Crippen LogP contribution in [0.15, 0.2) is 12.1 Å². The summed E-state index contributed by atoms with van der Waals surface area (Å²) in [7, 11) is 0. The minimum absolute atomic E-state index is 0.241. The van der Waals surface area contributed by atoms with Gasteiger partial charge in [0.15, 0.2) is 0 Å². The van der Waals surface area contributed by atoms with E-state index in [-0.39, 0.29) is 24.8 Å². The number of hydrogen-bond acceptors (Lipinski definition) is 4. The summed E-state index contributed by atoms with van der Waals surface area (Å²) in [6.45, 7) is 0.251. The molecule has 3 amide bonds. The van der Waals surface area contributed by atoms with Crippen molar-refractivity contribution in [3.05, 3.63) is 28.5 Å². The predicted octanol–water partition coefficient (Wildman–Crippen LogP) is 0.496. The van der Waals surface area contributed by atoms with Crippen LogP contribution in [-0.4, -0.2) is 33.6 Å². The highest BCUT2D eigenvalue weighted by atomic mass is 35.5. The van der Waals surface area contributed by atoms with E-state index < -0.39 is 11.9 Å². The monoisotopic (exact) mass is 279 g/mol. The van der Waals surface area contributed by atoms with Crippen LogP contribution in [0.2, 0.25) is 5.15 Å². The molecule has 1 fully saturated rings. The van der Waals surface area contributed by atoms with Gasteiger partial charge in [0.25, 0.3) is 5.91 Å². The summed E-state index contributed by atoms with van der Waals surface area (Å²) in [4.78, 5) is 40.6. The second kappa shape index (κ2) is 4.31. The minimum atomic E-state index is -0.613. The van der Waals surface area contributed by atoms with E-state index in [1.54, 1.807) is 12.1 Å². The number of nitrogens with zero attached hydrogens (tertiary/aromatic N) is 2. The first-order valence-corrected chi connectivity index (χ1v) is 6.24. The van der Waals surface area contributed by atoms with Gasteiger partial charge in [-0.1, -0.05) is 11.6 Å². The Morgan fingerprint density at radius 2 is 2.11 bits per heavy atom. The molecule has 1 atom stereocenters. The molecule has 1 aromatic rings. The van der Waals surface area contributed by atoms with Gasteiger partial charge in [0.1, 0.15) is 11.2 Å². The number of imide groups is 1. The zero-order chi connectivity index (χ0) is 13.6. The summed E-state index contributed by atoms with van der Waals surface area (Å²) in [6.07, 6.45) is 0.586. The maximum Gasteiger partial charge on any atom is 0.256 e. The average molecular weight is 280 g/mol. The van der Waals surface area contributed by atoms with E-state index in [2.05, 4.69) is 10.3 Å². The third-order valence-electron chi connectivity index (χ3n) is 3.34. The highest BCUT2D eigenvalue weighted by Gasteiger charge is 2.39. The molecule has 1 N–H and O–H groups in total. The number of fused-ring (bicyclic) bond motifs is 1. The van der Waals surface area contributed by atoms with Gasteiger partial charge in [-0.2, -0.15) is 0 Å². The number of piperidine rings is 1. The molecule has 98 valence electrons. The van der Waals surface area contributed by atoms with Crippen molar-refractivity contribution < 1.29 is 14.4 Å². The van der Waals surface area contributed by atoms with Crippen LogP contribution in [0.5, 0.6) is 0 Å². The van der Waals surface area contributed by atoms with Crippen LogP contribution in [0.4, 0.5) is 0 Å². The van der Waals surface area contributed by atoms with Crippen molar-refractivity contribution in [2.45, 2.75) is 25.4 Å². The lowest BCUT2D eigenvalue weighted by atomic mass is 10.0. The molecule has 0 saturated carbocycles. The normalized spacial score (nSPS) is 22.5. The highest BCUT2D eigenvalue weighted by Crippen LogP contribution is 2.27. The lowest BCUT2D eigenvalue weighted by Crippen LogP contribution is -2.52. The zero-order valence-corrected chi connectivity index (χ0v) is 10.6. The molecule has 7 heteroatoms. The van der Waals surface area contributed by atoms with E-state index in [1.807, 2.05) is 0 Å². The molecule has 3 rings (SSSR count). The van der Waals surface area contributed by atoms with E-state index in [4.69, 9.17) is 11.6 Å². The summed E-state index contributed by atoms with van der Waals surface area (Å²) >= 11 is 5.79. The number of aromatic nitrogens is 1. The molecule has 3 heterocycles. The van der Waals surface area contributed by atoms with Crippen molar-refractivity contribution in [1.82, 2.24) is 15.2 Å². The van der Waals surface area contributed by atoms with Crippen molar-refractivity contribution in [3.63, 3.8) is 0 Å². The van der Waals surface area contributed by atoms with Gasteiger partial charge in [0, 0.05) is 6.42 Å². The molecule has 0 spiro atoms. The fraction of sp³-hybridized carbons (Fsp3) is 0.333. The summed E-state index contributed by atoms with van der Waals surface area (Å²) in [5, 5.41) is 2.56. The fourth-order valence-corrected chi connectivity index (χ4v) is 2.57. The third kappa shape index (κ3) is 1.98. The number of carbonyl (C=O) groups is 3. The maximum atomic E-state index is 12.2. The molecule has 19 heavy (non-hydrogen) atoms. The van der Waals surface area contributed by atoms with E-state index >= 15 is 0 Å². The molecule has 1 unspecified atom stereocenters. The Kier molecular flexibility index (Phi) is 2.74. The van der Waals surface area contributed by atoms with E-state index in [9.17, 15) is 14.4 Å². The van der Waals surface area contributed by atoms with Gasteiger partial charge < -0.3 is 4.90 Å². The molecule has 0 aliphatic carbocycles. The van der Waals surface area contributed by atoms with E-state index in [0.29, 0.717) is 22.8 Å². The second-order valence-electron chi connectivity index (χ2n) is 4.53. The molecule has 2 aliphatic heterocycles. The van der Waals surface area contributed by atoms with Gasteiger partial charge >= 0.3 is 0 Å². The predicted molar refractivity (Wildman–Crippen MR) is 65.3 cm³/mol. The number of halogens is 1. The van der Waals surface area contributed by atoms with Crippen LogP contribution < -0.4 is 5.32 Å². The Hall–Kier alpha value is -1.95. The molecule has 0 radical (unpaired) electrons. The van der Waals surface area contributed by atoms with Crippen LogP contribution in [-0.2, 0) is 16.1 Å². The fourth-order valence-electron chi connectivity index (χ4n) is 2.41. The van der Waals surface area contributed by atoms with Crippen LogP contribution in [0.1, 0.15) is 28.9 Å². The summed E-state index contributed by atoms with van der Waals surface area (Å²) < 4.78 is 0. The summed E-state index contributed by atoms with van der Waals surface area (Å²) in [5.41, 5.74) is 1.04. The number of hydrogen-bond donors (Lipinski definition) is 1. The average Bonchev–Trinajstić information content (AvgIpc) is 2.66. The number of nitrogens with one attached hydrogen (secondary N) is 1. The Morgan fingerprint density at radius 1 is 1.32 bits per heavy atom. The first-order chi connectivity index (χ1) is 9.06.